The Hall–Kier alpha value is -1.92. The first-order valence-corrected chi connectivity index (χ1v) is 6.77. The summed E-state index contributed by atoms with van der Waals surface area (Å²) < 4.78 is 7.34. The monoisotopic (exact) mass is 328 g/mol. The number of amidine groups is 1. The number of nitrogens with two attached hydrogens (primary N) is 1. The van der Waals surface area contributed by atoms with Gasteiger partial charge in [0, 0.05) is 12.1 Å². The van der Waals surface area contributed by atoms with E-state index in [0.717, 1.165) is 11.4 Å². The normalized spacial score (nSPS) is 11.7. The fourth-order valence-corrected chi connectivity index (χ4v) is 2.24. The minimum Gasteiger partial charge on any atom is -0.486 e. The van der Waals surface area contributed by atoms with Gasteiger partial charge in [-0.05, 0) is 25.1 Å². The predicted molar refractivity (Wildman–Crippen MR) is 81.2 cm³/mol. The average molecular weight is 329 g/mol. The van der Waals surface area contributed by atoms with Crippen molar-refractivity contribution < 1.29 is 9.94 Å². The number of aryl methyl sites for hydroxylation is 2. The van der Waals surface area contributed by atoms with E-state index in [0.29, 0.717) is 21.4 Å². The zero-order chi connectivity index (χ0) is 15.6. The van der Waals surface area contributed by atoms with Gasteiger partial charge in [0.25, 0.3) is 0 Å². The molecule has 0 aliphatic rings. The van der Waals surface area contributed by atoms with Crippen molar-refractivity contribution in [3.63, 3.8) is 0 Å². The summed E-state index contributed by atoms with van der Waals surface area (Å²) >= 11 is 12.1. The Labute approximate surface area is 131 Å². The number of benzene rings is 1. The summed E-state index contributed by atoms with van der Waals surface area (Å²) in [5.74, 6) is 0.335. The molecule has 6 nitrogen and oxygen atoms in total. The molecule has 0 radical (unpaired) electrons. The van der Waals surface area contributed by atoms with Gasteiger partial charge in [-0.25, -0.2) is 0 Å². The van der Waals surface area contributed by atoms with Crippen molar-refractivity contribution in [1.82, 2.24) is 9.78 Å². The Bertz CT molecular complexity index is 698. The minimum absolute atomic E-state index is 0.0612. The van der Waals surface area contributed by atoms with Gasteiger partial charge in [0.15, 0.2) is 5.84 Å². The third-order valence-electron chi connectivity index (χ3n) is 2.95. The highest BCUT2D eigenvalue weighted by Crippen LogP contribution is 2.26. The molecule has 1 aromatic carbocycles. The van der Waals surface area contributed by atoms with E-state index < -0.39 is 0 Å². The highest BCUT2D eigenvalue weighted by Gasteiger charge is 2.14. The smallest absolute Gasteiger partial charge is 0.173 e. The molecule has 0 amide bonds. The number of hydrogen-bond donors (Lipinski definition) is 2. The molecule has 0 bridgehead atoms. The van der Waals surface area contributed by atoms with Crippen molar-refractivity contribution in [3.05, 3.63) is 45.2 Å². The number of nitrogens with zero attached hydrogens (tertiary/aromatic N) is 3. The van der Waals surface area contributed by atoms with E-state index >= 15 is 0 Å². The van der Waals surface area contributed by atoms with Crippen molar-refractivity contribution in [2.24, 2.45) is 17.9 Å². The third-order valence-corrected chi connectivity index (χ3v) is 3.68. The first-order chi connectivity index (χ1) is 9.93. The second-order valence-electron chi connectivity index (χ2n) is 4.38. The molecule has 0 aliphatic heterocycles. The fraction of sp³-hybridized carbons (Fsp3) is 0.231. The van der Waals surface area contributed by atoms with Gasteiger partial charge < -0.3 is 15.7 Å². The van der Waals surface area contributed by atoms with Crippen LogP contribution in [0, 0.1) is 6.92 Å². The molecule has 0 spiro atoms. The molecule has 1 heterocycles. The summed E-state index contributed by atoms with van der Waals surface area (Å²) in [5.41, 5.74) is 7.50. The molecule has 21 heavy (non-hydrogen) atoms. The van der Waals surface area contributed by atoms with Gasteiger partial charge in [0.2, 0.25) is 0 Å². The van der Waals surface area contributed by atoms with E-state index in [1.807, 2.05) is 6.92 Å². The molecule has 2 aromatic rings. The van der Waals surface area contributed by atoms with Crippen LogP contribution in [0.25, 0.3) is 0 Å². The number of ether oxygens (including phenoxy) is 1. The Morgan fingerprint density at radius 3 is 2.76 bits per heavy atom. The van der Waals surface area contributed by atoms with Crippen molar-refractivity contribution in [2.75, 3.05) is 0 Å². The largest absolute Gasteiger partial charge is 0.486 e. The zero-order valence-corrected chi connectivity index (χ0v) is 13.0. The molecule has 0 saturated carbocycles. The van der Waals surface area contributed by atoms with Crippen molar-refractivity contribution in [3.8, 4) is 5.75 Å². The molecule has 0 fully saturated rings. The summed E-state index contributed by atoms with van der Waals surface area (Å²) in [4.78, 5) is 0. The summed E-state index contributed by atoms with van der Waals surface area (Å²) in [7, 11) is 1.78. The summed E-state index contributed by atoms with van der Waals surface area (Å²) in [6.45, 7) is 2.00. The van der Waals surface area contributed by atoms with Gasteiger partial charge in [-0.1, -0.05) is 28.4 Å². The lowest BCUT2D eigenvalue weighted by molar-refractivity contribution is 0.293. The number of rotatable bonds is 4. The van der Waals surface area contributed by atoms with Gasteiger partial charge in [0.1, 0.15) is 12.4 Å². The summed E-state index contributed by atoms with van der Waals surface area (Å²) in [6, 6.07) is 4.83. The van der Waals surface area contributed by atoms with E-state index in [1.54, 1.807) is 29.9 Å². The molecular formula is C13H14Cl2N4O2. The summed E-state index contributed by atoms with van der Waals surface area (Å²) in [5, 5.41) is 17.0. The lowest BCUT2D eigenvalue weighted by Crippen LogP contribution is -2.15. The third kappa shape index (κ3) is 3.22. The van der Waals surface area contributed by atoms with Crippen LogP contribution in [-0.2, 0) is 13.7 Å². The maximum absolute atomic E-state index is 8.80. The number of hydrogen-bond acceptors (Lipinski definition) is 4. The molecular weight excluding hydrogens is 315 g/mol. The lowest BCUT2D eigenvalue weighted by atomic mass is 10.2. The van der Waals surface area contributed by atoms with Crippen LogP contribution < -0.4 is 10.5 Å². The standard InChI is InChI=1S/C13H14Cl2N4O2/c1-7-12(15)10(19(2)17-7)6-21-11-5-8(14)3-4-9(11)13(16)18-20/h3-5,20H,6H2,1-2H3,(H2,16,18). The zero-order valence-electron chi connectivity index (χ0n) is 11.5. The van der Waals surface area contributed by atoms with Crippen LogP contribution in [0.5, 0.6) is 5.75 Å². The van der Waals surface area contributed by atoms with Crippen molar-refractivity contribution >= 4 is 29.0 Å². The molecule has 112 valence electrons. The van der Waals surface area contributed by atoms with Crippen LogP contribution in [0.4, 0.5) is 0 Å². The fourth-order valence-electron chi connectivity index (χ4n) is 1.86. The maximum atomic E-state index is 8.80. The highest BCUT2D eigenvalue weighted by molar-refractivity contribution is 6.32. The molecule has 0 atom stereocenters. The first kappa shape index (κ1) is 15.5. The molecule has 3 N–H and O–H groups in total. The molecule has 8 heteroatoms. The van der Waals surface area contributed by atoms with Crippen LogP contribution in [0.15, 0.2) is 23.4 Å². The first-order valence-electron chi connectivity index (χ1n) is 6.02. The average Bonchev–Trinajstić information content (AvgIpc) is 2.69. The van der Waals surface area contributed by atoms with Gasteiger partial charge in [-0.3, -0.25) is 4.68 Å². The quantitative estimate of drug-likeness (QED) is 0.391. The van der Waals surface area contributed by atoms with Crippen molar-refractivity contribution in [2.45, 2.75) is 13.5 Å². The Balaban J connectivity index is 2.29. The van der Waals surface area contributed by atoms with Gasteiger partial charge >= 0.3 is 0 Å². The van der Waals surface area contributed by atoms with E-state index in [9.17, 15) is 0 Å². The SMILES string of the molecule is Cc1nn(C)c(COc2cc(Cl)ccc2/C(N)=N/O)c1Cl. The van der Waals surface area contributed by atoms with Crippen LogP contribution in [0.1, 0.15) is 17.0 Å². The Morgan fingerprint density at radius 2 is 2.19 bits per heavy atom. The second-order valence-corrected chi connectivity index (χ2v) is 5.20. The van der Waals surface area contributed by atoms with Gasteiger partial charge in [0.05, 0.1) is 22.0 Å². The van der Waals surface area contributed by atoms with Crippen molar-refractivity contribution in [1.29, 1.82) is 0 Å². The molecule has 2 rings (SSSR count). The van der Waals surface area contributed by atoms with E-state index in [1.165, 1.54) is 0 Å². The summed E-state index contributed by atoms with van der Waals surface area (Å²) in [6.07, 6.45) is 0. The topological polar surface area (TPSA) is 85.7 Å². The Morgan fingerprint density at radius 1 is 1.48 bits per heavy atom. The number of oxime groups is 1. The van der Waals surface area contributed by atoms with E-state index in [4.69, 9.17) is 38.9 Å². The molecule has 0 saturated heterocycles. The molecule has 1 aromatic heterocycles. The van der Waals surface area contributed by atoms with Crippen LogP contribution in [0.2, 0.25) is 10.0 Å². The van der Waals surface area contributed by atoms with Gasteiger partial charge in [-0.15, -0.1) is 0 Å². The molecule has 0 unspecified atom stereocenters. The molecule has 0 aliphatic carbocycles. The number of aromatic nitrogens is 2. The second kappa shape index (κ2) is 6.24. The van der Waals surface area contributed by atoms with Crippen LogP contribution in [0.3, 0.4) is 0 Å². The lowest BCUT2D eigenvalue weighted by Gasteiger charge is -2.11. The minimum atomic E-state index is -0.0612. The maximum Gasteiger partial charge on any atom is 0.173 e. The van der Waals surface area contributed by atoms with E-state index in [-0.39, 0.29) is 12.4 Å². The highest BCUT2D eigenvalue weighted by atomic mass is 35.5. The van der Waals surface area contributed by atoms with E-state index in [2.05, 4.69) is 10.3 Å². The van der Waals surface area contributed by atoms with Crippen LogP contribution >= 0.6 is 23.2 Å². The van der Waals surface area contributed by atoms with Crippen LogP contribution in [-0.4, -0.2) is 20.8 Å². The van der Waals surface area contributed by atoms with Gasteiger partial charge in [-0.2, -0.15) is 5.10 Å². The Kier molecular flexibility index (Phi) is 4.59. The number of halogens is 2. The predicted octanol–water partition coefficient (Wildman–Crippen LogP) is 2.71.